The van der Waals surface area contributed by atoms with Gasteiger partial charge in [-0.1, -0.05) is 31.2 Å². The molecule has 106 valence electrons. The first-order valence-electron chi connectivity index (χ1n) is 6.29. The molecule has 0 aliphatic carbocycles. The predicted octanol–water partition coefficient (Wildman–Crippen LogP) is 5.11. The van der Waals surface area contributed by atoms with Gasteiger partial charge < -0.3 is 4.90 Å². The minimum absolute atomic E-state index is 0.0426. The highest BCUT2D eigenvalue weighted by Crippen LogP contribution is 2.33. The highest BCUT2D eigenvalue weighted by molar-refractivity contribution is 9.13. The summed E-state index contributed by atoms with van der Waals surface area (Å²) in [7, 11) is 1.83. The van der Waals surface area contributed by atoms with Gasteiger partial charge in [-0.2, -0.15) is 0 Å². The number of rotatable bonds is 4. The molecule has 1 aromatic heterocycles. The molecule has 0 unspecified atom stereocenters. The molecule has 0 bridgehead atoms. The van der Waals surface area contributed by atoms with Crippen molar-refractivity contribution < 1.29 is 4.79 Å². The second kappa shape index (κ2) is 6.87. The van der Waals surface area contributed by atoms with Crippen molar-refractivity contribution in [2.75, 3.05) is 7.05 Å². The van der Waals surface area contributed by atoms with Crippen LogP contribution in [0.4, 0.5) is 0 Å². The molecule has 2 rings (SSSR count). The molecule has 0 atom stereocenters. The number of carbonyl (C=O) groups is 1. The molecular weight excluding hydrogens is 402 g/mol. The van der Waals surface area contributed by atoms with E-state index in [9.17, 15) is 4.79 Å². The molecule has 1 heterocycles. The monoisotopic (exact) mass is 415 g/mol. The van der Waals surface area contributed by atoms with Crippen molar-refractivity contribution in [3.63, 3.8) is 0 Å². The van der Waals surface area contributed by atoms with Gasteiger partial charge in [0.15, 0.2) is 0 Å². The second-order valence-electron chi connectivity index (χ2n) is 4.56. The third kappa shape index (κ3) is 3.71. The summed E-state index contributed by atoms with van der Waals surface area (Å²) in [6.07, 6.45) is 1.03. The number of benzene rings is 1. The van der Waals surface area contributed by atoms with Crippen molar-refractivity contribution in [2.45, 2.75) is 19.9 Å². The van der Waals surface area contributed by atoms with E-state index in [4.69, 9.17) is 0 Å². The number of amides is 1. The summed E-state index contributed by atoms with van der Waals surface area (Å²) < 4.78 is 1.87. The van der Waals surface area contributed by atoms with Crippen molar-refractivity contribution in [2.24, 2.45) is 0 Å². The van der Waals surface area contributed by atoms with Crippen molar-refractivity contribution in [1.82, 2.24) is 4.90 Å². The summed E-state index contributed by atoms with van der Waals surface area (Å²) in [6, 6.07) is 10.3. The Labute approximate surface area is 140 Å². The molecular formula is C15H15Br2NOS. The Hall–Kier alpha value is -0.650. The quantitative estimate of drug-likeness (QED) is 0.678. The lowest BCUT2D eigenvalue weighted by Crippen LogP contribution is -2.25. The third-order valence-corrected chi connectivity index (χ3v) is 6.30. The SMILES string of the molecule is CCc1ccc(CN(C)C(=O)c2cc(Br)c(Br)s2)cc1. The van der Waals surface area contributed by atoms with Gasteiger partial charge in [0.05, 0.1) is 8.66 Å². The van der Waals surface area contributed by atoms with Crippen LogP contribution in [0, 0.1) is 0 Å². The molecule has 0 spiro atoms. The van der Waals surface area contributed by atoms with Gasteiger partial charge in [0, 0.05) is 18.1 Å². The minimum atomic E-state index is 0.0426. The van der Waals surface area contributed by atoms with E-state index in [1.807, 2.05) is 13.1 Å². The van der Waals surface area contributed by atoms with Crippen LogP contribution in [0.15, 0.2) is 38.6 Å². The average molecular weight is 417 g/mol. The summed E-state index contributed by atoms with van der Waals surface area (Å²) in [4.78, 5) is 14.8. The van der Waals surface area contributed by atoms with Crippen LogP contribution < -0.4 is 0 Å². The standard InChI is InChI=1S/C15H15Br2NOS/c1-3-10-4-6-11(7-5-10)9-18(2)15(19)13-8-12(16)14(17)20-13/h4-8H,3,9H2,1-2H3. The zero-order chi connectivity index (χ0) is 14.7. The zero-order valence-electron chi connectivity index (χ0n) is 11.3. The molecule has 0 aliphatic heterocycles. The first-order chi connectivity index (χ1) is 9.51. The molecule has 5 heteroatoms. The zero-order valence-corrected chi connectivity index (χ0v) is 15.3. The molecule has 0 radical (unpaired) electrons. The number of hydrogen-bond donors (Lipinski definition) is 0. The highest BCUT2D eigenvalue weighted by Gasteiger charge is 2.16. The Morgan fingerprint density at radius 1 is 1.20 bits per heavy atom. The second-order valence-corrected chi connectivity index (χ2v) is 7.79. The maximum absolute atomic E-state index is 12.3. The number of aryl methyl sites for hydroxylation is 1. The Balaban J connectivity index is 2.06. The van der Waals surface area contributed by atoms with Crippen LogP contribution in [0.1, 0.15) is 27.7 Å². The van der Waals surface area contributed by atoms with E-state index in [2.05, 4.69) is 63.0 Å². The largest absolute Gasteiger partial charge is 0.337 e. The van der Waals surface area contributed by atoms with E-state index in [1.165, 1.54) is 16.9 Å². The minimum Gasteiger partial charge on any atom is -0.337 e. The van der Waals surface area contributed by atoms with Crippen LogP contribution in [0.3, 0.4) is 0 Å². The van der Waals surface area contributed by atoms with E-state index in [1.54, 1.807) is 4.90 Å². The van der Waals surface area contributed by atoms with Gasteiger partial charge >= 0.3 is 0 Å². The highest BCUT2D eigenvalue weighted by atomic mass is 79.9. The first-order valence-corrected chi connectivity index (χ1v) is 8.69. The summed E-state index contributed by atoms with van der Waals surface area (Å²) in [5, 5.41) is 0. The molecule has 1 aromatic carbocycles. The van der Waals surface area contributed by atoms with Gasteiger partial charge in [0.25, 0.3) is 5.91 Å². The van der Waals surface area contributed by atoms with Gasteiger partial charge in [-0.3, -0.25) is 4.79 Å². The number of carbonyl (C=O) groups excluding carboxylic acids is 1. The molecule has 0 fully saturated rings. The Bertz CT molecular complexity index is 587. The Morgan fingerprint density at radius 3 is 2.30 bits per heavy atom. The molecule has 2 nitrogen and oxygen atoms in total. The summed E-state index contributed by atoms with van der Waals surface area (Å²) in [5.41, 5.74) is 2.46. The lowest BCUT2D eigenvalue weighted by molar-refractivity contribution is 0.0790. The van der Waals surface area contributed by atoms with E-state index in [0.29, 0.717) is 6.54 Å². The first kappa shape index (κ1) is 15.7. The lowest BCUT2D eigenvalue weighted by atomic mass is 10.1. The van der Waals surface area contributed by atoms with E-state index >= 15 is 0 Å². The maximum Gasteiger partial charge on any atom is 0.264 e. The Morgan fingerprint density at radius 2 is 1.80 bits per heavy atom. The van der Waals surface area contributed by atoms with Crippen LogP contribution >= 0.6 is 43.2 Å². The topological polar surface area (TPSA) is 20.3 Å². The third-order valence-electron chi connectivity index (χ3n) is 3.05. The fourth-order valence-corrected chi connectivity index (χ4v) is 3.90. The lowest BCUT2D eigenvalue weighted by Gasteiger charge is -2.16. The van der Waals surface area contributed by atoms with Crippen LogP contribution in [-0.2, 0) is 13.0 Å². The van der Waals surface area contributed by atoms with Gasteiger partial charge in [-0.15, -0.1) is 11.3 Å². The molecule has 1 amide bonds. The van der Waals surface area contributed by atoms with Gasteiger partial charge in [-0.05, 0) is 55.5 Å². The van der Waals surface area contributed by atoms with E-state index < -0.39 is 0 Å². The van der Waals surface area contributed by atoms with Gasteiger partial charge in [0.2, 0.25) is 0 Å². The number of nitrogens with zero attached hydrogens (tertiary/aromatic N) is 1. The van der Waals surface area contributed by atoms with Crippen molar-refractivity contribution in [3.05, 3.63) is 54.6 Å². The number of hydrogen-bond acceptors (Lipinski definition) is 2. The maximum atomic E-state index is 12.3. The summed E-state index contributed by atoms with van der Waals surface area (Å²) in [5.74, 6) is 0.0426. The van der Waals surface area contributed by atoms with Crippen LogP contribution in [-0.4, -0.2) is 17.9 Å². The molecule has 0 saturated carbocycles. The van der Waals surface area contributed by atoms with Gasteiger partial charge in [-0.25, -0.2) is 0 Å². The molecule has 0 N–H and O–H groups in total. The Kier molecular flexibility index (Phi) is 5.41. The van der Waals surface area contributed by atoms with Crippen LogP contribution in [0.25, 0.3) is 0 Å². The van der Waals surface area contributed by atoms with Crippen molar-refractivity contribution >= 4 is 49.1 Å². The van der Waals surface area contributed by atoms with Gasteiger partial charge in [0.1, 0.15) is 0 Å². The molecule has 20 heavy (non-hydrogen) atoms. The van der Waals surface area contributed by atoms with Crippen LogP contribution in [0.5, 0.6) is 0 Å². The smallest absolute Gasteiger partial charge is 0.264 e. The fraction of sp³-hybridized carbons (Fsp3) is 0.267. The van der Waals surface area contributed by atoms with Crippen molar-refractivity contribution in [1.29, 1.82) is 0 Å². The molecule has 0 aliphatic rings. The fourth-order valence-electron chi connectivity index (χ4n) is 1.87. The normalized spacial score (nSPS) is 10.6. The number of thiophene rings is 1. The molecule has 2 aromatic rings. The summed E-state index contributed by atoms with van der Waals surface area (Å²) in [6.45, 7) is 2.76. The number of halogens is 2. The van der Waals surface area contributed by atoms with E-state index in [0.717, 1.165) is 25.1 Å². The average Bonchev–Trinajstić information content (AvgIpc) is 2.78. The van der Waals surface area contributed by atoms with E-state index in [-0.39, 0.29) is 5.91 Å². The molecule has 0 saturated heterocycles. The summed E-state index contributed by atoms with van der Waals surface area (Å²) >= 11 is 8.27. The van der Waals surface area contributed by atoms with Crippen molar-refractivity contribution in [3.8, 4) is 0 Å². The van der Waals surface area contributed by atoms with Crippen LogP contribution in [0.2, 0.25) is 0 Å². The predicted molar refractivity (Wildman–Crippen MR) is 91.3 cm³/mol.